The van der Waals surface area contributed by atoms with Gasteiger partial charge >= 0.3 is 0 Å². The highest BCUT2D eigenvalue weighted by Crippen LogP contribution is 2.27. The fraction of sp³-hybridized carbons (Fsp3) is 0.389. The third kappa shape index (κ3) is 3.80. The van der Waals surface area contributed by atoms with Crippen molar-refractivity contribution in [1.29, 1.82) is 0 Å². The Morgan fingerprint density at radius 1 is 1.33 bits per heavy atom. The fourth-order valence-corrected chi connectivity index (χ4v) is 3.00. The number of nitrogens with one attached hydrogen (secondary N) is 2. The van der Waals surface area contributed by atoms with Crippen LogP contribution in [0.2, 0.25) is 0 Å². The Kier molecular flexibility index (Phi) is 6.43. The summed E-state index contributed by atoms with van der Waals surface area (Å²) in [6.07, 6.45) is -0.127. The van der Waals surface area contributed by atoms with Gasteiger partial charge in [-0.3, -0.25) is 4.79 Å². The van der Waals surface area contributed by atoms with Gasteiger partial charge in [0.05, 0.1) is 19.8 Å². The lowest BCUT2D eigenvalue weighted by Crippen LogP contribution is -2.55. The Morgan fingerprint density at radius 3 is 2.88 bits per heavy atom. The van der Waals surface area contributed by atoms with Gasteiger partial charge in [0, 0.05) is 18.7 Å². The Balaban J connectivity index is 0.00000208. The SMILES string of the molecule is COc1ccc2ccccc2c1CNC(=O)[C@H]1NCCO[C@@H]1C.Cl. The fourth-order valence-electron chi connectivity index (χ4n) is 3.00. The van der Waals surface area contributed by atoms with Crippen molar-refractivity contribution in [2.24, 2.45) is 0 Å². The Hall–Kier alpha value is -1.82. The normalized spacial score (nSPS) is 20.2. The van der Waals surface area contributed by atoms with Crippen LogP contribution in [0.25, 0.3) is 10.8 Å². The van der Waals surface area contributed by atoms with Gasteiger partial charge in [0.1, 0.15) is 11.8 Å². The third-order valence-electron chi connectivity index (χ3n) is 4.26. The predicted octanol–water partition coefficient (Wildman–Crippen LogP) is 2.26. The van der Waals surface area contributed by atoms with Gasteiger partial charge in [-0.25, -0.2) is 0 Å². The van der Waals surface area contributed by atoms with E-state index in [-0.39, 0.29) is 30.5 Å². The minimum absolute atomic E-state index is 0. The van der Waals surface area contributed by atoms with Crippen molar-refractivity contribution in [2.75, 3.05) is 20.3 Å². The largest absolute Gasteiger partial charge is 0.496 e. The smallest absolute Gasteiger partial charge is 0.240 e. The molecule has 130 valence electrons. The van der Waals surface area contributed by atoms with E-state index >= 15 is 0 Å². The number of amides is 1. The molecule has 0 bridgehead atoms. The standard InChI is InChI=1S/C18H22N2O3.ClH/c1-12-17(19-9-10-23-12)18(21)20-11-15-14-6-4-3-5-13(14)7-8-16(15)22-2;/h3-8,12,17,19H,9-11H2,1-2H3,(H,20,21);1H/t12-,17+;/m1./s1. The van der Waals surface area contributed by atoms with Gasteiger partial charge in [0.25, 0.3) is 0 Å². The predicted molar refractivity (Wildman–Crippen MR) is 96.8 cm³/mol. The highest BCUT2D eigenvalue weighted by molar-refractivity contribution is 5.89. The summed E-state index contributed by atoms with van der Waals surface area (Å²) in [6, 6.07) is 11.7. The zero-order valence-electron chi connectivity index (χ0n) is 13.9. The van der Waals surface area contributed by atoms with Crippen LogP contribution < -0.4 is 15.4 Å². The zero-order chi connectivity index (χ0) is 16.2. The number of halogens is 1. The van der Waals surface area contributed by atoms with Crippen LogP contribution in [0.4, 0.5) is 0 Å². The summed E-state index contributed by atoms with van der Waals surface area (Å²) in [5, 5.41) is 8.43. The lowest BCUT2D eigenvalue weighted by molar-refractivity contribution is -0.129. The number of hydrogen-bond donors (Lipinski definition) is 2. The van der Waals surface area contributed by atoms with E-state index in [9.17, 15) is 4.79 Å². The number of benzene rings is 2. The van der Waals surface area contributed by atoms with Crippen molar-refractivity contribution in [1.82, 2.24) is 10.6 Å². The van der Waals surface area contributed by atoms with Crippen LogP contribution in [0.15, 0.2) is 36.4 Å². The summed E-state index contributed by atoms with van der Waals surface area (Å²) in [4.78, 5) is 12.4. The number of methoxy groups -OCH3 is 1. The van der Waals surface area contributed by atoms with Crippen molar-refractivity contribution in [3.8, 4) is 5.75 Å². The van der Waals surface area contributed by atoms with E-state index in [1.807, 2.05) is 37.3 Å². The molecule has 0 aromatic heterocycles. The molecule has 2 aromatic carbocycles. The molecule has 0 aliphatic carbocycles. The average Bonchev–Trinajstić information content (AvgIpc) is 2.59. The molecule has 0 saturated carbocycles. The Morgan fingerprint density at radius 2 is 2.12 bits per heavy atom. The third-order valence-corrected chi connectivity index (χ3v) is 4.26. The summed E-state index contributed by atoms with van der Waals surface area (Å²) >= 11 is 0. The molecule has 2 N–H and O–H groups in total. The molecule has 6 heteroatoms. The van der Waals surface area contributed by atoms with E-state index < -0.39 is 0 Å². The van der Waals surface area contributed by atoms with Crippen LogP contribution in [-0.2, 0) is 16.1 Å². The summed E-state index contributed by atoms with van der Waals surface area (Å²) in [6.45, 7) is 3.67. The van der Waals surface area contributed by atoms with Crippen LogP contribution in [0.3, 0.4) is 0 Å². The molecule has 24 heavy (non-hydrogen) atoms. The van der Waals surface area contributed by atoms with Crippen molar-refractivity contribution in [3.63, 3.8) is 0 Å². The second kappa shape index (κ2) is 8.33. The highest BCUT2D eigenvalue weighted by atomic mass is 35.5. The lowest BCUT2D eigenvalue weighted by Gasteiger charge is -2.29. The first-order valence-electron chi connectivity index (χ1n) is 7.88. The molecule has 2 aromatic rings. The zero-order valence-corrected chi connectivity index (χ0v) is 14.7. The number of carbonyl (C=O) groups is 1. The molecule has 0 spiro atoms. The first-order valence-corrected chi connectivity index (χ1v) is 7.88. The first-order chi connectivity index (χ1) is 11.2. The van der Waals surface area contributed by atoms with E-state index in [0.29, 0.717) is 19.7 Å². The van der Waals surface area contributed by atoms with Crippen LogP contribution >= 0.6 is 12.4 Å². The maximum Gasteiger partial charge on any atom is 0.240 e. The topological polar surface area (TPSA) is 59.6 Å². The van der Waals surface area contributed by atoms with Crippen molar-refractivity contribution >= 4 is 29.1 Å². The first kappa shape index (κ1) is 18.5. The Labute approximate surface area is 148 Å². The molecule has 1 aliphatic rings. The summed E-state index contributed by atoms with van der Waals surface area (Å²) < 4.78 is 11.0. The minimum atomic E-state index is -0.315. The van der Waals surface area contributed by atoms with E-state index in [1.54, 1.807) is 7.11 Å². The number of fused-ring (bicyclic) bond motifs is 1. The summed E-state index contributed by atoms with van der Waals surface area (Å²) in [5.74, 6) is 0.733. The summed E-state index contributed by atoms with van der Waals surface area (Å²) in [7, 11) is 1.65. The van der Waals surface area contributed by atoms with Crippen LogP contribution in [0, 0.1) is 0 Å². The van der Waals surface area contributed by atoms with Gasteiger partial charge in [-0.15, -0.1) is 12.4 Å². The van der Waals surface area contributed by atoms with Gasteiger partial charge < -0.3 is 20.1 Å². The van der Waals surface area contributed by atoms with Crippen molar-refractivity contribution in [2.45, 2.75) is 25.6 Å². The molecule has 5 nitrogen and oxygen atoms in total. The van der Waals surface area contributed by atoms with Crippen LogP contribution in [0.1, 0.15) is 12.5 Å². The molecule has 1 aliphatic heterocycles. The maximum atomic E-state index is 12.4. The molecule has 2 atom stereocenters. The molecule has 0 unspecified atom stereocenters. The average molecular weight is 351 g/mol. The second-order valence-corrected chi connectivity index (χ2v) is 5.69. The van der Waals surface area contributed by atoms with Gasteiger partial charge in [0.2, 0.25) is 5.91 Å². The quantitative estimate of drug-likeness (QED) is 0.888. The van der Waals surface area contributed by atoms with E-state index in [1.165, 1.54) is 0 Å². The van der Waals surface area contributed by atoms with Gasteiger partial charge in [0.15, 0.2) is 0 Å². The van der Waals surface area contributed by atoms with Crippen molar-refractivity contribution < 1.29 is 14.3 Å². The van der Waals surface area contributed by atoms with Crippen LogP contribution in [-0.4, -0.2) is 38.3 Å². The summed E-state index contributed by atoms with van der Waals surface area (Å²) in [5.41, 5.74) is 0.989. The number of carbonyl (C=O) groups excluding carboxylic acids is 1. The van der Waals surface area contributed by atoms with E-state index in [0.717, 1.165) is 22.1 Å². The minimum Gasteiger partial charge on any atom is -0.496 e. The second-order valence-electron chi connectivity index (χ2n) is 5.69. The molecule has 0 radical (unpaired) electrons. The monoisotopic (exact) mass is 350 g/mol. The van der Waals surface area contributed by atoms with Crippen molar-refractivity contribution in [3.05, 3.63) is 42.0 Å². The molecular formula is C18H23ClN2O3. The molecule has 1 fully saturated rings. The molecule has 1 heterocycles. The van der Waals surface area contributed by atoms with Gasteiger partial charge in [-0.1, -0.05) is 30.3 Å². The van der Waals surface area contributed by atoms with E-state index in [2.05, 4.69) is 16.7 Å². The number of hydrogen-bond acceptors (Lipinski definition) is 4. The number of ether oxygens (including phenoxy) is 2. The van der Waals surface area contributed by atoms with Gasteiger partial charge in [-0.2, -0.15) is 0 Å². The number of morpholine rings is 1. The van der Waals surface area contributed by atoms with Crippen LogP contribution in [0.5, 0.6) is 5.75 Å². The molecule has 1 amide bonds. The number of rotatable bonds is 4. The lowest BCUT2D eigenvalue weighted by atomic mass is 10.0. The van der Waals surface area contributed by atoms with Gasteiger partial charge in [-0.05, 0) is 23.8 Å². The Bertz CT molecular complexity index is 708. The molecule has 1 saturated heterocycles. The molecule has 3 rings (SSSR count). The highest BCUT2D eigenvalue weighted by Gasteiger charge is 2.28. The molecular weight excluding hydrogens is 328 g/mol. The van der Waals surface area contributed by atoms with E-state index in [4.69, 9.17) is 9.47 Å². The maximum absolute atomic E-state index is 12.4.